The number of rotatable bonds is 2. The molecule has 0 heterocycles. The van der Waals surface area contributed by atoms with Gasteiger partial charge in [0.25, 0.3) is 0 Å². The average Bonchev–Trinajstić information content (AvgIpc) is 2.45. The molecule has 0 saturated heterocycles. The summed E-state index contributed by atoms with van der Waals surface area (Å²) < 4.78 is 0.948. The van der Waals surface area contributed by atoms with E-state index in [-0.39, 0.29) is 24.0 Å². The molecule has 0 aromatic heterocycles. The Kier molecular flexibility index (Phi) is 3.77. The van der Waals surface area contributed by atoms with Gasteiger partial charge in [-0.1, -0.05) is 54.6 Å². The molecule has 0 N–H and O–H groups in total. The van der Waals surface area contributed by atoms with Crippen molar-refractivity contribution >= 4 is 32.3 Å². The smallest absolute Gasteiger partial charge is 0.104 e. The van der Waals surface area contributed by atoms with E-state index in [0.717, 1.165) is 11.0 Å². The van der Waals surface area contributed by atoms with Gasteiger partial charge in [0, 0.05) is 5.56 Å². The largest absolute Gasteiger partial charge is 1.00 e. The van der Waals surface area contributed by atoms with Crippen LogP contribution in [0.3, 0.4) is 0 Å². The van der Waals surface area contributed by atoms with Crippen LogP contribution in [0.25, 0.3) is 32.3 Å². The lowest BCUT2D eigenvalue weighted by molar-refractivity contribution is -0.883. The maximum atomic E-state index is 2.30. The van der Waals surface area contributed by atoms with Gasteiger partial charge in [0.1, 0.15) is 6.54 Å². The van der Waals surface area contributed by atoms with Gasteiger partial charge in [-0.2, -0.15) is 0 Å². The third-order valence-corrected chi connectivity index (χ3v) is 4.26. The molecule has 0 spiro atoms. The fourth-order valence-electron chi connectivity index (χ4n) is 3.44. The highest BCUT2D eigenvalue weighted by molar-refractivity contribution is 6.23. The first-order chi connectivity index (χ1) is 10.0. The molecule has 0 amide bonds. The van der Waals surface area contributed by atoms with Crippen LogP contribution in [0.15, 0.2) is 54.6 Å². The monoisotopic (exact) mass is 401 g/mol. The van der Waals surface area contributed by atoms with E-state index in [1.807, 2.05) is 0 Å². The van der Waals surface area contributed by atoms with Crippen molar-refractivity contribution in [1.29, 1.82) is 0 Å². The molecule has 0 atom stereocenters. The topological polar surface area (TPSA) is 0 Å². The van der Waals surface area contributed by atoms with Crippen LogP contribution in [0.2, 0.25) is 0 Å². The molecule has 0 saturated carbocycles. The van der Waals surface area contributed by atoms with Gasteiger partial charge in [-0.3, -0.25) is 0 Å². The summed E-state index contributed by atoms with van der Waals surface area (Å²) in [5.41, 5.74) is 1.44. The first-order valence-corrected chi connectivity index (χ1v) is 7.49. The molecular weight excluding hydrogens is 381 g/mol. The minimum Gasteiger partial charge on any atom is -1.00 e. The maximum Gasteiger partial charge on any atom is 0.104 e. The molecule has 1 nitrogen and oxygen atoms in total. The normalized spacial score (nSPS) is 12.1. The van der Waals surface area contributed by atoms with Crippen molar-refractivity contribution in [2.24, 2.45) is 0 Å². The van der Waals surface area contributed by atoms with Crippen LogP contribution in [-0.4, -0.2) is 25.6 Å². The van der Waals surface area contributed by atoms with Crippen molar-refractivity contribution in [3.05, 3.63) is 60.2 Å². The Labute approximate surface area is 148 Å². The molecule has 0 aliphatic rings. The molecule has 0 radical (unpaired) electrons. The lowest BCUT2D eigenvalue weighted by Crippen LogP contribution is -3.00. The summed E-state index contributed by atoms with van der Waals surface area (Å²) in [5, 5.41) is 8.28. The average molecular weight is 401 g/mol. The van der Waals surface area contributed by atoms with Crippen LogP contribution in [0.4, 0.5) is 0 Å². The van der Waals surface area contributed by atoms with Crippen LogP contribution in [-0.2, 0) is 6.54 Å². The fraction of sp³-hybridized carbons (Fsp3) is 0.200. The summed E-state index contributed by atoms with van der Waals surface area (Å²) in [4.78, 5) is 0. The van der Waals surface area contributed by atoms with Crippen molar-refractivity contribution in [3.8, 4) is 0 Å². The number of halogens is 1. The minimum atomic E-state index is 0. The zero-order valence-corrected chi connectivity index (χ0v) is 15.4. The highest BCUT2D eigenvalue weighted by atomic mass is 127. The quantitative estimate of drug-likeness (QED) is 0.273. The zero-order valence-electron chi connectivity index (χ0n) is 13.2. The third-order valence-electron chi connectivity index (χ3n) is 4.26. The number of quaternary nitrogens is 1. The molecule has 2 heteroatoms. The second-order valence-electron chi connectivity index (χ2n) is 7.03. The van der Waals surface area contributed by atoms with Gasteiger partial charge >= 0.3 is 0 Å². The summed E-state index contributed by atoms with van der Waals surface area (Å²) >= 11 is 0. The summed E-state index contributed by atoms with van der Waals surface area (Å²) in [7, 11) is 6.74. The van der Waals surface area contributed by atoms with Gasteiger partial charge < -0.3 is 28.5 Å². The second-order valence-corrected chi connectivity index (χ2v) is 7.03. The predicted octanol–water partition coefficient (Wildman–Crippen LogP) is 1.79. The molecule has 0 unspecified atom stereocenters. The van der Waals surface area contributed by atoms with E-state index in [9.17, 15) is 0 Å². The highest BCUT2D eigenvalue weighted by Crippen LogP contribution is 2.36. The van der Waals surface area contributed by atoms with Crippen LogP contribution in [0, 0.1) is 0 Å². The highest BCUT2D eigenvalue weighted by Gasteiger charge is 2.15. The summed E-state index contributed by atoms with van der Waals surface area (Å²) in [5.74, 6) is 0. The third kappa shape index (κ3) is 2.44. The Morgan fingerprint density at radius 2 is 1.23 bits per heavy atom. The number of benzene rings is 4. The SMILES string of the molecule is C[N+](C)(C)Cc1ccc2ccc3cccc4ccc1c2c34.[I-]. The molecule has 0 fully saturated rings. The van der Waals surface area contributed by atoms with Gasteiger partial charge in [0.05, 0.1) is 21.1 Å². The molecule has 22 heavy (non-hydrogen) atoms. The predicted molar refractivity (Wildman–Crippen MR) is 91.9 cm³/mol. The van der Waals surface area contributed by atoms with Crippen LogP contribution in [0.1, 0.15) is 5.56 Å². The molecule has 4 aromatic rings. The summed E-state index contributed by atoms with van der Waals surface area (Å²) in [6, 6.07) is 20.2. The van der Waals surface area contributed by atoms with Crippen LogP contribution < -0.4 is 24.0 Å². The van der Waals surface area contributed by atoms with E-state index in [0.29, 0.717) is 0 Å². The van der Waals surface area contributed by atoms with Crippen molar-refractivity contribution in [2.45, 2.75) is 6.54 Å². The standard InChI is InChI=1S/C20H20N.HI/c1-21(2,3)13-17-10-9-16-8-7-14-5-4-6-15-11-12-18(17)20(16)19(14)15;/h4-12H,13H2,1-3H3;1H/q+1;/p-1. The van der Waals surface area contributed by atoms with E-state index in [2.05, 4.69) is 75.7 Å². The van der Waals surface area contributed by atoms with Gasteiger partial charge in [-0.25, -0.2) is 0 Å². The second kappa shape index (κ2) is 5.36. The lowest BCUT2D eigenvalue weighted by Gasteiger charge is -2.25. The van der Waals surface area contributed by atoms with E-state index in [4.69, 9.17) is 0 Å². The minimum absolute atomic E-state index is 0. The Morgan fingerprint density at radius 1 is 0.682 bits per heavy atom. The first kappa shape index (κ1) is 15.5. The Hall–Kier alpha value is -1.39. The Morgan fingerprint density at radius 3 is 1.86 bits per heavy atom. The molecule has 0 bridgehead atoms. The molecule has 4 aromatic carbocycles. The van der Waals surface area contributed by atoms with Crippen LogP contribution >= 0.6 is 0 Å². The summed E-state index contributed by atoms with van der Waals surface area (Å²) in [6.07, 6.45) is 0. The fourth-order valence-corrected chi connectivity index (χ4v) is 3.44. The van der Waals surface area contributed by atoms with Crippen molar-refractivity contribution in [2.75, 3.05) is 21.1 Å². The number of hydrogen-bond donors (Lipinski definition) is 0. The summed E-state index contributed by atoms with van der Waals surface area (Å²) in [6.45, 7) is 1.05. The Balaban J connectivity index is 0.00000144. The first-order valence-electron chi connectivity index (χ1n) is 7.49. The van der Waals surface area contributed by atoms with E-state index in [1.54, 1.807) is 0 Å². The molecular formula is C20H20IN. The van der Waals surface area contributed by atoms with Gasteiger partial charge in [-0.05, 0) is 32.3 Å². The van der Waals surface area contributed by atoms with E-state index < -0.39 is 0 Å². The van der Waals surface area contributed by atoms with Crippen molar-refractivity contribution in [3.63, 3.8) is 0 Å². The molecule has 0 aliphatic heterocycles. The van der Waals surface area contributed by atoms with Gasteiger partial charge in [-0.15, -0.1) is 0 Å². The van der Waals surface area contributed by atoms with E-state index >= 15 is 0 Å². The number of hydrogen-bond acceptors (Lipinski definition) is 0. The number of nitrogens with zero attached hydrogens (tertiary/aromatic N) is 1. The Bertz CT molecular complexity index is 934. The van der Waals surface area contributed by atoms with Crippen LogP contribution in [0.5, 0.6) is 0 Å². The molecule has 112 valence electrons. The molecule has 4 rings (SSSR count). The molecule has 0 aliphatic carbocycles. The maximum absolute atomic E-state index is 2.30. The zero-order chi connectivity index (χ0) is 14.6. The van der Waals surface area contributed by atoms with Gasteiger partial charge in [0.15, 0.2) is 0 Å². The van der Waals surface area contributed by atoms with Gasteiger partial charge in [0.2, 0.25) is 0 Å². The van der Waals surface area contributed by atoms with Crippen molar-refractivity contribution in [1.82, 2.24) is 0 Å². The van der Waals surface area contributed by atoms with Crippen molar-refractivity contribution < 1.29 is 28.5 Å². The van der Waals surface area contributed by atoms with E-state index in [1.165, 1.54) is 37.9 Å². The lowest BCUT2D eigenvalue weighted by atomic mass is 9.92.